The fourth-order valence-electron chi connectivity index (χ4n) is 6.28. The zero-order valence-corrected chi connectivity index (χ0v) is 25.2. The van der Waals surface area contributed by atoms with Crippen LogP contribution in [0.4, 0.5) is 0 Å². The summed E-state index contributed by atoms with van der Waals surface area (Å²) in [7, 11) is 0. The van der Waals surface area contributed by atoms with Crippen molar-refractivity contribution in [1.29, 1.82) is 0 Å². The van der Waals surface area contributed by atoms with Crippen LogP contribution in [-0.2, 0) is 0 Å². The number of hydrogen-bond donors (Lipinski definition) is 0. The van der Waals surface area contributed by atoms with Gasteiger partial charge in [-0.05, 0) is 39.8 Å². The molecule has 0 aliphatic carbocycles. The van der Waals surface area contributed by atoms with Gasteiger partial charge in [0, 0.05) is 39.0 Å². The Kier molecular flexibility index (Phi) is 6.39. The van der Waals surface area contributed by atoms with Crippen LogP contribution in [0.5, 0.6) is 0 Å². The van der Waals surface area contributed by atoms with E-state index < -0.39 is 0 Å². The van der Waals surface area contributed by atoms with E-state index in [0.29, 0.717) is 17.5 Å². The van der Waals surface area contributed by atoms with Crippen LogP contribution in [-0.4, -0.2) is 19.9 Å². The summed E-state index contributed by atoms with van der Waals surface area (Å²) in [6, 6.07) is 50.0. The van der Waals surface area contributed by atoms with Crippen LogP contribution in [0.1, 0.15) is 0 Å². The first kappa shape index (κ1) is 26.9. The number of nitrogens with zero attached hydrogens (tertiary/aromatic N) is 4. The van der Waals surface area contributed by atoms with E-state index in [2.05, 4.69) is 102 Å². The van der Waals surface area contributed by atoms with E-state index >= 15 is 0 Å². The third-order valence-corrected chi connectivity index (χ3v) is 8.68. The average molecular weight is 603 g/mol. The Morgan fingerprint density at radius 3 is 1.53 bits per heavy atom. The van der Waals surface area contributed by atoms with Crippen molar-refractivity contribution in [1.82, 2.24) is 19.9 Å². The molecule has 220 valence electrons. The Hall–Kier alpha value is -6.46. The summed E-state index contributed by atoms with van der Waals surface area (Å²) in [4.78, 5) is 19.3. The van der Waals surface area contributed by atoms with Gasteiger partial charge in [0.15, 0.2) is 23.1 Å². The van der Waals surface area contributed by atoms with Gasteiger partial charge in [0.1, 0.15) is 5.58 Å². The van der Waals surface area contributed by atoms with Crippen LogP contribution >= 0.6 is 0 Å². The normalized spacial score (nSPS) is 11.4. The summed E-state index contributed by atoms with van der Waals surface area (Å²) in [6.45, 7) is 0. The molecule has 0 unspecified atom stereocenters. The summed E-state index contributed by atoms with van der Waals surface area (Å²) in [5, 5.41) is 4.12. The molecule has 5 heteroatoms. The van der Waals surface area contributed by atoms with Gasteiger partial charge in [0.05, 0.1) is 6.20 Å². The number of rotatable bonds is 5. The highest BCUT2D eigenvalue weighted by Gasteiger charge is 2.17. The molecule has 3 heterocycles. The monoisotopic (exact) mass is 602 g/mol. The molecule has 0 saturated carbocycles. The lowest BCUT2D eigenvalue weighted by molar-refractivity contribution is 0.670. The largest absolute Gasteiger partial charge is 0.454 e. The van der Waals surface area contributed by atoms with Crippen molar-refractivity contribution in [3.8, 4) is 56.4 Å². The van der Waals surface area contributed by atoms with Gasteiger partial charge >= 0.3 is 0 Å². The average Bonchev–Trinajstić information content (AvgIpc) is 3.55. The summed E-state index contributed by atoms with van der Waals surface area (Å²) >= 11 is 0. The maximum Gasteiger partial charge on any atom is 0.164 e. The van der Waals surface area contributed by atoms with Crippen LogP contribution in [0.15, 0.2) is 162 Å². The molecule has 0 aliphatic heterocycles. The molecular formula is C42H26N4O. The van der Waals surface area contributed by atoms with Crippen LogP contribution in [0.25, 0.3) is 89.1 Å². The summed E-state index contributed by atoms with van der Waals surface area (Å²) in [5.74, 6) is 1.85. The van der Waals surface area contributed by atoms with Crippen LogP contribution in [0.2, 0.25) is 0 Å². The van der Waals surface area contributed by atoms with Crippen molar-refractivity contribution in [2.45, 2.75) is 0 Å². The third kappa shape index (κ3) is 4.82. The maximum atomic E-state index is 6.30. The van der Waals surface area contributed by atoms with E-state index in [-0.39, 0.29) is 0 Å². The van der Waals surface area contributed by atoms with Crippen LogP contribution in [0.3, 0.4) is 0 Å². The topological polar surface area (TPSA) is 64.7 Å². The summed E-state index contributed by atoms with van der Waals surface area (Å²) in [6.07, 6.45) is 3.56. The van der Waals surface area contributed by atoms with E-state index in [1.165, 1.54) is 11.1 Å². The number of pyridine rings is 1. The minimum Gasteiger partial charge on any atom is -0.454 e. The van der Waals surface area contributed by atoms with Gasteiger partial charge in [0.2, 0.25) is 0 Å². The quantitative estimate of drug-likeness (QED) is 0.196. The standard InChI is InChI=1S/C42H26N4O/c1-3-8-27(9-4-1)28-14-16-29(17-15-28)30-18-20-32(21-19-30)41-44-40(31-10-5-2-6-11-31)45-42(46-41)37-13-7-12-35-33(37)22-23-36-34-24-25-43-26-38(34)47-39(35)36/h1-26H. The third-order valence-electron chi connectivity index (χ3n) is 8.68. The molecule has 0 radical (unpaired) electrons. The SMILES string of the molecule is c1ccc(-c2ccc(-c3ccc(-c4nc(-c5ccccc5)nc(-c5cccc6c5ccc5c7ccncc7oc65)n4)cc3)cc2)cc1. The highest BCUT2D eigenvalue weighted by molar-refractivity contribution is 6.17. The molecule has 9 rings (SSSR count). The molecule has 6 aromatic carbocycles. The second-order valence-electron chi connectivity index (χ2n) is 11.5. The Morgan fingerprint density at radius 1 is 0.362 bits per heavy atom. The number of furan rings is 1. The lowest BCUT2D eigenvalue weighted by Gasteiger charge is -2.11. The fraction of sp³-hybridized carbons (Fsp3) is 0. The number of aromatic nitrogens is 4. The second kappa shape index (κ2) is 11.2. The van der Waals surface area contributed by atoms with Gasteiger partial charge in [-0.15, -0.1) is 0 Å². The van der Waals surface area contributed by atoms with E-state index in [4.69, 9.17) is 19.4 Å². The molecule has 0 fully saturated rings. The lowest BCUT2D eigenvalue weighted by atomic mass is 9.99. The van der Waals surface area contributed by atoms with Crippen LogP contribution in [0, 0.1) is 0 Å². The van der Waals surface area contributed by atoms with E-state index in [1.807, 2.05) is 48.5 Å². The van der Waals surface area contributed by atoms with Crippen molar-refractivity contribution in [2.75, 3.05) is 0 Å². The van der Waals surface area contributed by atoms with E-state index in [1.54, 1.807) is 12.4 Å². The highest BCUT2D eigenvalue weighted by atomic mass is 16.3. The zero-order chi connectivity index (χ0) is 31.2. The first-order chi connectivity index (χ1) is 23.3. The van der Waals surface area contributed by atoms with Gasteiger partial charge in [-0.2, -0.15) is 0 Å². The van der Waals surface area contributed by atoms with Crippen molar-refractivity contribution >= 4 is 32.7 Å². The molecule has 0 amide bonds. The fourth-order valence-corrected chi connectivity index (χ4v) is 6.28. The minimum absolute atomic E-state index is 0.608. The maximum absolute atomic E-state index is 6.30. The van der Waals surface area contributed by atoms with E-state index in [0.717, 1.165) is 60.5 Å². The predicted molar refractivity (Wildman–Crippen MR) is 190 cm³/mol. The predicted octanol–water partition coefficient (Wildman–Crippen LogP) is 10.7. The number of fused-ring (bicyclic) bond motifs is 5. The summed E-state index contributed by atoms with van der Waals surface area (Å²) < 4.78 is 6.30. The van der Waals surface area contributed by atoms with Crippen LogP contribution < -0.4 is 0 Å². The Labute approximate surface area is 270 Å². The van der Waals surface area contributed by atoms with E-state index in [9.17, 15) is 0 Å². The Bertz CT molecular complexity index is 2540. The summed E-state index contributed by atoms with van der Waals surface area (Å²) in [5.41, 5.74) is 9.05. The van der Waals surface area contributed by atoms with Crippen molar-refractivity contribution < 1.29 is 4.42 Å². The molecule has 5 nitrogen and oxygen atoms in total. The van der Waals surface area contributed by atoms with Gasteiger partial charge in [-0.3, -0.25) is 4.98 Å². The molecule has 3 aromatic heterocycles. The number of hydrogen-bond acceptors (Lipinski definition) is 5. The van der Waals surface area contributed by atoms with Crippen molar-refractivity contribution in [2.24, 2.45) is 0 Å². The molecule has 0 atom stereocenters. The Balaban J connectivity index is 1.14. The first-order valence-electron chi connectivity index (χ1n) is 15.5. The molecular weight excluding hydrogens is 576 g/mol. The van der Waals surface area contributed by atoms with Gasteiger partial charge in [0.25, 0.3) is 0 Å². The highest BCUT2D eigenvalue weighted by Crippen LogP contribution is 2.37. The van der Waals surface area contributed by atoms with Gasteiger partial charge in [-0.1, -0.05) is 133 Å². The minimum atomic E-state index is 0.608. The molecule has 0 bridgehead atoms. The molecule has 47 heavy (non-hydrogen) atoms. The number of benzene rings is 6. The first-order valence-corrected chi connectivity index (χ1v) is 15.5. The zero-order valence-electron chi connectivity index (χ0n) is 25.2. The molecule has 0 N–H and O–H groups in total. The van der Waals surface area contributed by atoms with Crippen molar-refractivity contribution in [3.63, 3.8) is 0 Å². The molecule has 0 spiro atoms. The lowest BCUT2D eigenvalue weighted by Crippen LogP contribution is -2.00. The van der Waals surface area contributed by atoms with Crippen molar-refractivity contribution in [3.05, 3.63) is 158 Å². The second-order valence-corrected chi connectivity index (χ2v) is 11.5. The Morgan fingerprint density at radius 2 is 0.872 bits per heavy atom. The smallest absolute Gasteiger partial charge is 0.164 e. The van der Waals surface area contributed by atoms with Gasteiger partial charge < -0.3 is 4.42 Å². The molecule has 0 aliphatic rings. The molecule has 9 aromatic rings. The van der Waals surface area contributed by atoms with Gasteiger partial charge in [-0.25, -0.2) is 15.0 Å². The molecule has 0 saturated heterocycles.